The second kappa shape index (κ2) is 5.21. The van der Waals surface area contributed by atoms with Gasteiger partial charge < -0.3 is 9.47 Å². The van der Waals surface area contributed by atoms with Gasteiger partial charge in [-0.25, -0.2) is 4.68 Å². The number of rotatable bonds is 4. The molecule has 19 heavy (non-hydrogen) atoms. The van der Waals surface area contributed by atoms with Crippen molar-refractivity contribution in [1.29, 1.82) is 0 Å². The molecule has 0 N–H and O–H groups in total. The fourth-order valence-electron chi connectivity index (χ4n) is 1.73. The van der Waals surface area contributed by atoms with Crippen molar-refractivity contribution in [3.05, 3.63) is 34.8 Å². The lowest BCUT2D eigenvalue weighted by molar-refractivity contribution is 0.528. The van der Waals surface area contributed by atoms with Crippen molar-refractivity contribution in [1.82, 2.24) is 24.5 Å². The molecule has 0 aliphatic rings. The maximum absolute atomic E-state index is 12.0. The number of hydrogen-bond donors (Lipinski definition) is 0. The molecule has 0 atom stereocenters. The van der Waals surface area contributed by atoms with Gasteiger partial charge in [0.1, 0.15) is 12.9 Å². The van der Waals surface area contributed by atoms with Gasteiger partial charge in [0.25, 0.3) is 5.56 Å². The minimum atomic E-state index is -0.149. The van der Waals surface area contributed by atoms with Crippen LogP contribution in [0, 0.1) is 0 Å². The van der Waals surface area contributed by atoms with Crippen LogP contribution < -0.4 is 10.5 Å². The van der Waals surface area contributed by atoms with E-state index in [9.17, 15) is 4.79 Å². The molecule has 0 amide bonds. The summed E-state index contributed by atoms with van der Waals surface area (Å²) in [6.45, 7) is 4.40. The van der Waals surface area contributed by atoms with E-state index >= 15 is 0 Å². The van der Waals surface area contributed by atoms with Crippen LogP contribution in [0.3, 0.4) is 0 Å². The van der Waals surface area contributed by atoms with E-state index in [1.54, 1.807) is 18.6 Å². The Balaban J connectivity index is 2.29. The van der Waals surface area contributed by atoms with Crippen molar-refractivity contribution < 1.29 is 0 Å². The maximum Gasteiger partial charge on any atom is 0.269 e. The zero-order valence-corrected chi connectivity index (χ0v) is 11.6. The summed E-state index contributed by atoms with van der Waals surface area (Å²) in [5.41, 5.74) is 0.635. The Morgan fingerprint density at radius 1 is 1.37 bits per heavy atom. The Kier molecular flexibility index (Phi) is 3.64. The first-order chi connectivity index (χ1) is 8.99. The Labute approximate surface area is 111 Å². The first-order valence-electron chi connectivity index (χ1n) is 6.12. The number of aromatic nitrogens is 5. The first-order valence-corrected chi connectivity index (χ1v) is 6.12. The van der Waals surface area contributed by atoms with Crippen molar-refractivity contribution in [2.75, 3.05) is 19.0 Å². The molecule has 2 aromatic heterocycles. The lowest BCUT2D eigenvalue weighted by Crippen LogP contribution is -2.26. The lowest BCUT2D eigenvalue weighted by Gasteiger charge is -2.13. The van der Waals surface area contributed by atoms with Crippen LogP contribution in [0.1, 0.15) is 25.7 Å². The average Bonchev–Trinajstić information content (AvgIpc) is 2.79. The molecule has 102 valence electrons. The minimum absolute atomic E-state index is 0.149. The molecule has 7 heteroatoms. The molecule has 0 radical (unpaired) electrons. The minimum Gasteiger partial charge on any atom is -0.376 e. The Bertz CT molecular complexity index is 613. The van der Waals surface area contributed by atoms with Gasteiger partial charge in [0.15, 0.2) is 5.82 Å². The molecule has 0 spiro atoms. The average molecular weight is 262 g/mol. The van der Waals surface area contributed by atoms with Crippen molar-refractivity contribution in [3.63, 3.8) is 0 Å². The number of hydrogen-bond acceptors (Lipinski definition) is 5. The molecule has 2 heterocycles. The third-order valence-corrected chi connectivity index (χ3v) is 2.87. The fourth-order valence-corrected chi connectivity index (χ4v) is 1.73. The van der Waals surface area contributed by atoms with Gasteiger partial charge in [0, 0.05) is 26.2 Å². The summed E-state index contributed by atoms with van der Waals surface area (Å²) in [5.74, 6) is 0.724. The standard InChI is InChI=1S/C12H18N6O/c1-9(2)17-8-13-15-11(17)7-18-12(19)5-10(6-14-18)16(3)4/h5-6,8-9H,7H2,1-4H3. The molecule has 0 aliphatic carbocycles. The third kappa shape index (κ3) is 2.81. The molecule has 0 saturated heterocycles. The van der Waals surface area contributed by atoms with Crippen LogP contribution >= 0.6 is 0 Å². The van der Waals surface area contributed by atoms with Gasteiger partial charge in [0.05, 0.1) is 11.9 Å². The normalized spacial score (nSPS) is 11.0. The highest BCUT2D eigenvalue weighted by molar-refractivity contribution is 5.40. The van der Waals surface area contributed by atoms with Crippen LogP contribution in [0.2, 0.25) is 0 Å². The molecule has 0 saturated carbocycles. The van der Waals surface area contributed by atoms with E-state index in [0.29, 0.717) is 6.54 Å². The smallest absolute Gasteiger partial charge is 0.269 e. The van der Waals surface area contributed by atoms with E-state index in [4.69, 9.17) is 0 Å². The molecule has 0 aliphatic heterocycles. The van der Waals surface area contributed by atoms with Gasteiger partial charge >= 0.3 is 0 Å². The Morgan fingerprint density at radius 2 is 2.11 bits per heavy atom. The highest BCUT2D eigenvalue weighted by Crippen LogP contribution is 2.08. The van der Waals surface area contributed by atoms with Crippen LogP contribution in [-0.2, 0) is 6.54 Å². The molecule has 7 nitrogen and oxygen atoms in total. The molecule has 0 fully saturated rings. The predicted molar refractivity (Wildman–Crippen MR) is 72.3 cm³/mol. The zero-order chi connectivity index (χ0) is 14.0. The largest absolute Gasteiger partial charge is 0.376 e. The van der Waals surface area contributed by atoms with Crippen LogP contribution in [0.5, 0.6) is 0 Å². The summed E-state index contributed by atoms with van der Waals surface area (Å²) < 4.78 is 3.31. The van der Waals surface area contributed by atoms with Gasteiger partial charge in [0.2, 0.25) is 0 Å². The summed E-state index contributed by atoms with van der Waals surface area (Å²) in [6.07, 6.45) is 3.33. The summed E-state index contributed by atoms with van der Waals surface area (Å²) in [7, 11) is 3.74. The summed E-state index contributed by atoms with van der Waals surface area (Å²) in [4.78, 5) is 13.8. The molecular weight excluding hydrogens is 244 g/mol. The van der Waals surface area contributed by atoms with Crippen molar-refractivity contribution in [2.24, 2.45) is 0 Å². The molecule has 2 aromatic rings. The number of anilines is 1. The maximum atomic E-state index is 12.0. The molecule has 0 bridgehead atoms. The zero-order valence-electron chi connectivity index (χ0n) is 11.6. The Hall–Kier alpha value is -2.18. The van der Waals surface area contributed by atoms with Crippen molar-refractivity contribution >= 4 is 5.69 Å². The molecular formula is C12H18N6O. The fraction of sp³-hybridized carbons (Fsp3) is 0.500. The topological polar surface area (TPSA) is 68.8 Å². The van der Waals surface area contributed by atoms with E-state index in [2.05, 4.69) is 15.3 Å². The third-order valence-electron chi connectivity index (χ3n) is 2.87. The summed E-state index contributed by atoms with van der Waals surface area (Å²) >= 11 is 0. The predicted octanol–water partition coefficient (Wildman–Crippen LogP) is 0.530. The van der Waals surface area contributed by atoms with Crippen LogP contribution in [0.15, 0.2) is 23.4 Å². The lowest BCUT2D eigenvalue weighted by atomic mass is 10.4. The van der Waals surface area contributed by atoms with E-state index in [0.717, 1.165) is 11.5 Å². The van der Waals surface area contributed by atoms with Crippen molar-refractivity contribution in [3.8, 4) is 0 Å². The summed E-state index contributed by atoms with van der Waals surface area (Å²) in [6, 6.07) is 1.81. The van der Waals surface area contributed by atoms with E-state index < -0.39 is 0 Å². The van der Waals surface area contributed by atoms with Gasteiger partial charge in [-0.15, -0.1) is 10.2 Å². The highest BCUT2D eigenvalue weighted by Gasteiger charge is 2.10. The van der Waals surface area contributed by atoms with Crippen LogP contribution in [0.4, 0.5) is 5.69 Å². The second-order valence-electron chi connectivity index (χ2n) is 4.85. The van der Waals surface area contributed by atoms with E-state index in [1.807, 2.05) is 37.4 Å². The van der Waals surface area contributed by atoms with Crippen LogP contribution in [-0.4, -0.2) is 38.6 Å². The molecule has 0 aromatic carbocycles. The highest BCUT2D eigenvalue weighted by atomic mass is 16.1. The first kappa shape index (κ1) is 13.3. The van der Waals surface area contributed by atoms with Gasteiger partial charge in [-0.05, 0) is 13.8 Å². The second-order valence-corrected chi connectivity index (χ2v) is 4.85. The quantitative estimate of drug-likeness (QED) is 0.804. The van der Waals surface area contributed by atoms with E-state index in [-0.39, 0.29) is 11.6 Å². The SMILES string of the molecule is CC(C)n1cnnc1Cn1ncc(N(C)C)cc1=O. The van der Waals surface area contributed by atoms with Gasteiger partial charge in [-0.2, -0.15) is 5.10 Å². The molecule has 0 unspecified atom stereocenters. The molecule has 2 rings (SSSR count). The van der Waals surface area contributed by atoms with Gasteiger partial charge in [-0.3, -0.25) is 4.79 Å². The Morgan fingerprint density at radius 3 is 2.68 bits per heavy atom. The van der Waals surface area contributed by atoms with Crippen molar-refractivity contribution in [2.45, 2.75) is 26.4 Å². The summed E-state index contributed by atoms with van der Waals surface area (Å²) in [5, 5.41) is 12.1. The monoisotopic (exact) mass is 262 g/mol. The number of nitrogens with zero attached hydrogens (tertiary/aromatic N) is 6. The van der Waals surface area contributed by atoms with Crippen LogP contribution in [0.25, 0.3) is 0 Å². The van der Waals surface area contributed by atoms with Gasteiger partial charge in [-0.1, -0.05) is 0 Å². The van der Waals surface area contributed by atoms with E-state index in [1.165, 1.54) is 4.68 Å².